The summed E-state index contributed by atoms with van der Waals surface area (Å²) in [5, 5.41) is 8.85. The molecule has 3 N–H and O–H groups in total. The molecule has 2 atom stereocenters. The van der Waals surface area contributed by atoms with Gasteiger partial charge in [-0.15, -0.1) is 0 Å². The minimum atomic E-state index is -0.496. The van der Waals surface area contributed by atoms with Gasteiger partial charge < -0.3 is 11.1 Å². The SMILES string of the molecule is CCC(C)NC(=O)C1C=CN(c2ccccc2)N=C1N. The highest BCUT2D eigenvalue weighted by atomic mass is 16.2. The van der Waals surface area contributed by atoms with Crippen LogP contribution in [0.25, 0.3) is 0 Å². The van der Waals surface area contributed by atoms with Crippen LogP contribution in [0.1, 0.15) is 20.3 Å². The fourth-order valence-electron chi connectivity index (χ4n) is 1.87. The number of amides is 1. The van der Waals surface area contributed by atoms with Crippen LogP contribution in [0.15, 0.2) is 47.7 Å². The molecule has 0 fully saturated rings. The number of carbonyl (C=O) groups excluding carboxylic acids is 1. The third-order valence-electron chi connectivity index (χ3n) is 3.27. The van der Waals surface area contributed by atoms with Gasteiger partial charge in [0.2, 0.25) is 5.91 Å². The first-order valence-corrected chi connectivity index (χ1v) is 6.78. The molecule has 0 radical (unpaired) electrons. The number of nitrogens with one attached hydrogen (secondary N) is 1. The van der Waals surface area contributed by atoms with Crippen molar-refractivity contribution in [3.8, 4) is 0 Å². The number of rotatable bonds is 4. The van der Waals surface area contributed by atoms with E-state index in [9.17, 15) is 4.79 Å². The Balaban J connectivity index is 2.08. The molecule has 5 nitrogen and oxygen atoms in total. The molecule has 0 saturated carbocycles. The Kier molecular flexibility index (Phi) is 4.40. The number of anilines is 1. The van der Waals surface area contributed by atoms with Crippen LogP contribution in [-0.2, 0) is 4.79 Å². The van der Waals surface area contributed by atoms with Gasteiger partial charge in [-0.3, -0.25) is 4.79 Å². The number of amidine groups is 1. The van der Waals surface area contributed by atoms with E-state index in [-0.39, 0.29) is 11.9 Å². The predicted octanol–water partition coefficient (Wildman–Crippen LogP) is 1.82. The summed E-state index contributed by atoms with van der Waals surface area (Å²) in [6.07, 6.45) is 4.43. The van der Waals surface area contributed by atoms with Crippen LogP contribution in [0.4, 0.5) is 5.69 Å². The Hall–Kier alpha value is -2.30. The van der Waals surface area contributed by atoms with Gasteiger partial charge in [-0.25, -0.2) is 5.01 Å². The van der Waals surface area contributed by atoms with Gasteiger partial charge in [-0.2, -0.15) is 5.10 Å². The van der Waals surface area contributed by atoms with Gasteiger partial charge in [0.1, 0.15) is 11.8 Å². The smallest absolute Gasteiger partial charge is 0.234 e. The third-order valence-corrected chi connectivity index (χ3v) is 3.27. The van der Waals surface area contributed by atoms with Gasteiger partial charge >= 0.3 is 0 Å². The van der Waals surface area contributed by atoms with Crippen molar-refractivity contribution in [2.24, 2.45) is 16.8 Å². The summed E-state index contributed by atoms with van der Waals surface area (Å²) in [7, 11) is 0. The van der Waals surface area contributed by atoms with E-state index >= 15 is 0 Å². The number of hydrogen-bond acceptors (Lipinski definition) is 4. The zero-order valence-electron chi connectivity index (χ0n) is 11.8. The standard InChI is InChI=1S/C15H20N4O/c1-3-11(2)17-15(20)13-9-10-19(18-14(13)16)12-7-5-4-6-8-12/h4-11,13H,3H2,1-2H3,(H2,16,18)(H,17,20). The average molecular weight is 272 g/mol. The highest BCUT2D eigenvalue weighted by molar-refractivity contribution is 6.05. The normalized spacial score (nSPS) is 19.4. The van der Waals surface area contributed by atoms with E-state index < -0.39 is 5.92 Å². The quantitative estimate of drug-likeness (QED) is 0.878. The lowest BCUT2D eigenvalue weighted by Gasteiger charge is -2.24. The molecule has 1 amide bonds. The van der Waals surface area contributed by atoms with E-state index in [2.05, 4.69) is 10.4 Å². The van der Waals surface area contributed by atoms with Crippen molar-refractivity contribution in [3.63, 3.8) is 0 Å². The van der Waals surface area contributed by atoms with E-state index in [1.54, 1.807) is 17.3 Å². The molecule has 1 aliphatic rings. The largest absolute Gasteiger partial charge is 0.385 e. The zero-order chi connectivity index (χ0) is 14.5. The minimum absolute atomic E-state index is 0.107. The minimum Gasteiger partial charge on any atom is -0.385 e. The van der Waals surface area contributed by atoms with Crippen LogP contribution in [0.5, 0.6) is 0 Å². The molecule has 5 heteroatoms. The van der Waals surface area contributed by atoms with Crippen molar-refractivity contribution in [3.05, 3.63) is 42.6 Å². The van der Waals surface area contributed by atoms with Crippen molar-refractivity contribution >= 4 is 17.4 Å². The van der Waals surface area contributed by atoms with Crippen LogP contribution < -0.4 is 16.1 Å². The summed E-state index contributed by atoms with van der Waals surface area (Å²) in [4.78, 5) is 12.1. The van der Waals surface area contributed by atoms with Gasteiger partial charge in [0.25, 0.3) is 0 Å². The summed E-state index contributed by atoms with van der Waals surface area (Å²) < 4.78 is 0. The summed E-state index contributed by atoms with van der Waals surface area (Å²) in [5.41, 5.74) is 6.83. The Morgan fingerprint density at radius 3 is 2.75 bits per heavy atom. The summed E-state index contributed by atoms with van der Waals surface area (Å²) in [6.45, 7) is 3.99. The molecule has 2 unspecified atom stereocenters. The molecule has 0 saturated heterocycles. The first kappa shape index (κ1) is 14.1. The molecule has 0 bridgehead atoms. The van der Waals surface area contributed by atoms with Gasteiger partial charge in [0.05, 0.1) is 5.69 Å². The Morgan fingerprint density at radius 1 is 1.45 bits per heavy atom. The van der Waals surface area contributed by atoms with Gasteiger partial charge in [-0.05, 0) is 31.6 Å². The van der Waals surface area contributed by atoms with Gasteiger partial charge in [0.15, 0.2) is 0 Å². The summed E-state index contributed by atoms with van der Waals surface area (Å²) in [5.74, 6) is -0.300. The summed E-state index contributed by atoms with van der Waals surface area (Å²) >= 11 is 0. The molecule has 1 aromatic carbocycles. The molecule has 1 heterocycles. The maximum Gasteiger partial charge on any atom is 0.234 e. The average Bonchev–Trinajstić information content (AvgIpc) is 2.47. The zero-order valence-corrected chi connectivity index (χ0v) is 11.8. The number of hydrogen-bond donors (Lipinski definition) is 2. The lowest BCUT2D eigenvalue weighted by atomic mass is 10.1. The van der Waals surface area contributed by atoms with E-state index in [1.165, 1.54) is 0 Å². The number of carbonyl (C=O) groups is 1. The lowest BCUT2D eigenvalue weighted by Crippen LogP contribution is -2.43. The number of nitrogens with two attached hydrogens (primary N) is 1. The number of hydrazone groups is 1. The molecule has 106 valence electrons. The molecule has 0 aromatic heterocycles. The second kappa shape index (κ2) is 6.23. The predicted molar refractivity (Wildman–Crippen MR) is 81.1 cm³/mol. The van der Waals surface area contributed by atoms with Crippen LogP contribution in [0.3, 0.4) is 0 Å². The first-order chi connectivity index (χ1) is 9.61. The monoisotopic (exact) mass is 272 g/mol. The van der Waals surface area contributed by atoms with Crippen molar-refractivity contribution in [1.82, 2.24) is 5.32 Å². The van der Waals surface area contributed by atoms with Crippen molar-refractivity contribution in [1.29, 1.82) is 0 Å². The summed E-state index contributed by atoms with van der Waals surface area (Å²) in [6, 6.07) is 9.79. The molecule has 1 aliphatic heterocycles. The van der Waals surface area contributed by atoms with Crippen LogP contribution in [0.2, 0.25) is 0 Å². The maximum atomic E-state index is 12.1. The molecular weight excluding hydrogens is 252 g/mol. The highest BCUT2D eigenvalue weighted by Gasteiger charge is 2.24. The molecule has 20 heavy (non-hydrogen) atoms. The van der Waals surface area contributed by atoms with E-state index in [4.69, 9.17) is 5.73 Å². The lowest BCUT2D eigenvalue weighted by molar-refractivity contribution is -0.122. The van der Waals surface area contributed by atoms with Crippen LogP contribution in [0, 0.1) is 5.92 Å². The van der Waals surface area contributed by atoms with E-state index in [0.717, 1.165) is 12.1 Å². The van der Waals surface area contributed by atoms with E-state index in [0.29, 0.717) is 5.84 Å². The Morgan fingerprint density at radius 2 is 2.15 bits per heavy atom. The molecule has 0 aliphatic carbocycles. The van der Waals surface area contributed by atoms with Gasteiger partial charge in [-0.1, -0.05) is 25.1 Å². The first-order valence-electron chi connectivity index (χ1n) is 6.78. The Bertz CT molecular complexity index is 524. The van der Waals surface area contributed by atoms with Crippen molar-refractivity contribution in [2.75, 3.05) is 5.01 Å². The number of para-hydroxylation sites is 1. The fraction of sp³-hybridized carbons (Fsp3) is 0.333. The topological polar surface area (TPSA) is 70.7 Å². The fourth-order valence-corrected chi connectivity index (χ4v) is 1.87. The number of nitrogens with zero attached hydrogens (tertiary/aromatic N) is 2. The molecule has 1 aromatic rings. The molecule has 2 rings (SSSR count). The van der Waals surface area contributed by atoms with Crippen molar-refractivity contribution in [2.45, 2.75) is 26.3 Å². The Labute approximate surface area is 119 Å². The van der Waals surface area contributed by atoms with Gasteiger partial charge in [0, 0.05) is 12.2 Å². The van der Waals surface area contributed by atoms with Crippen LogP contribution >= 0.6 is 0 Å². The highest BCUT2D eigenvalue weighted by Crippen LogP contribution is 2.18. The second-order valence-electron chi connectivity index (χ2n) is 4.84. The van der Waals surface area contributed by atoms with E-state index in [1.807, 2.05) is 44.2 Å². The van der Waals surface area contributed by atoms with Crippen molar-refractivity contribution < 1.29 is 4.79 Å². The van der Waals surface area contributed by atoms with Crippen LogP contribution in [-0.4, -0.2) is 17.8 Å². The second-order valence-corrected chi connectivity index (χ2v) is 4.84. The number of benzene rings is 1. The molecular formula is C15H20N4O. The third kappa shape index (κ3) is 3.17. The molecule has 0 spiro atoms. The maximum absolute atomic E-state index is 12.1.